The van der Waals surface area contributed by atoms with E-state index < -0.39 is 0 Å². The summed E-state index contributed by atoms with van der Waals surface area (Å²) in [4.78, 5) is 0. The third-order valence-electron chi connectivity index (χ3n) is 4.34. The van der Waals surface area contributed by atoms with E-state index in [-0.39, 0.29) is 12.4 Å². The highest BCUT2D eigenvalue weighted by Crippen LogP contribution is 2.24. The molecule has 3 aromatic carbocycles. The van der Waals surface area contributed by atoms with E-state index in [0.717, 1.165) is 46.6 Å². The maximum Gasteiger partial charge on any atom is 0.124 e. The molecule has 0 saturated carbocycles. The van der Waals surface area contributed by atoms with Crippen molar-refractivity contribution in [3.8, 4) is 11.5 Å². The van der Waals surface area contributed by atoms with Gasteiger partial charge in [-0.05, 0) is 48.4 Å². The predicted molar refractivity (Wildman–Crippen MR) is 121 cm³/mol. The van der Waals surface area contributed by atoms with E-state index in [4.69, 9.17) is 9.47 Å². The molecule has 3 aromatic rings. The van der Waals surface area contributed by atoms with E-state index in [9.17, 15) is 0 Å². The van der Waals surface area contributed by atoms with Crippen molar-refractivity contribution in [1.82, 2.24) is 5.32 Å². The number of para-hydroxylation sites is 1. The summed E-state index contributed by atoms with van der Waals surface area (Å²) in [5.74, 6) is 1.85. The predicted octanol–water partition coefficient (Wildman–Crippen LogP) is 5.79. The second-order valence-corrected chi connectivity index (χ2v) is 7.18. The van der Waals surface area contributed by atoms with Gasteiger partial charge < -0.3 is 14.8 Å². The molecule has 0 saturated heterocycles. The topological polar surface area (TPSA) is 30.5 Å². The molecule has 0 amide bonds. The minimum Gasteiger partial charge on any atom is -0.496 e. The third-order valence-corrected chi connectivity index (χ3v) is 4.83. The molecule has 148 valence electrons. The molecule has 0 aliphatic heterocycles. The Bertz CT molecular complexity index is 858. The van der Waals surface area contributed by atoms with Crippen molar-refractivity contribution in [3.05, 3.63) is 94.0 Å². The molecule has 0 atom stereocenters. The fourth-order valence-electron chi connectivity index (χ4n) is 2.92. The van der Waals surface area contributed by atoms with Crippen LogP contribution in [0.3, 0.4) is 0 Å². The van der Waals surface area contributed by atoms with Crippen LogP contribution in [-0.2, 0) is 19.6 Å². The van der Waals surface area contributed by atoms with Crippen LogP contribution < -0.4 is 14.8 Å². The zero-order valence-corrected chi connectivity index (χ0v) is 18.3. The molecule has 0 aliphatic carbocycles. The zero-order valence-electron chi connectivity index (χ0n) is 15.9. The molecule has 0 spiro atoms. The molecule has 5 heteroatoms. The second-order valence-electron chi connectivity index (χ2n) is 6.26. The van der Waals surface area contributed by atoms with Crippen LogP contribution in [0.5, 0.6) is 11.5 Å². The van der Waals surface area contributed by atoms with Gasteiger partial charge >= 0.3 is 0 Å². The van der Waals surface area contributed by atoms with Gasteiger partial charge in [-0.3, -0.25) is 0 Å². The fraction of sp³-hybridized carbons (Fsp3) is 0.217. The zero-order chi connectivity index (χ0) is 18.9. The highest BCUT2D eigenvalue weighted by atomic mass is 79.9. The van der Waals surface area contributed by atoms with E-state index in [0.29, 0.717) is 6.61 Å². The average molecular weight is 463 g/mol. The van der Waals surface area contributed by atoms with E-state index in [1.165, 1.54) is 5.56 Å². The van der Waals surface area contributed by atoms with Gasteiger partial charge in [-0.2, -0.15) is 0 Å². The normalized spacial score (nSPS) is 10.2. The summed E-state index contributed by atoms with van der Waals surface area (Å²) in [6.45, 7) is 2.18. The molecule has 0 radical (unpaired) electrons. The molecule has 1 N–H and O–H groups in total. The quantitative estimate of drug-likeness (QED) is 0.408. The summed E-state index contributed by atoms with van der Waals surface area (Å²) in [6.07, 6.45) is 0.915. The molecule has 0 fully saturated rings. The van der Waals surface area contributed by atoms with Crippen LogP contribution in [0.1, 0.15) is 16.7 Å². The summed E-state index contributed by atoms with van der Waals surface area (Å²) in [5, 5.41) is 3.51. The Morgan fingerprint density at radius 1 is 0.857 bits per heavy atom. The summed E-state index contributed by atoms with van der Waals surface area (Å²) in [7, 11) is 1.71. The van der Waals surface area contributed by atoms with Crippen molar-refractivity contribution in [2.75, 3.05) is 13.7 Å². The average Bonchev–Trinajstić information content (AvgIpc) is 2.71. The van der Waals surface area contributed by atoms with Gasteiger partial charge in [0.2, 0.25) is 0 Å². The van der Waals surface area contributed by atoms with E-state index in [2.05, 4.69) is 45.5 Å². The van der Waals surface area contributed by atoms with Gasteiger partial charge in [0.05, 0.1) is 7.11 Å². The molecule has 3 nitrogen and oxygen atoms in total. The third kappa shape index (κ3) is 6.55. The first-order chi connectivity index (χ1) is 13.3. The van der Waals surface area contributed by atoms with Gasteiger partial charge in [-0.1, -0.05) is 64.5 Å². The maximum atomic E-state index is 6.05. The molecule has 28 heavy (non-hydrogen) atoms. The lowest BCUT2D eigenvalue weighted by Gasteiger charge is -2.13. The lowest BCUT2D eigenvalue weighted by molar-refractivity contribution is 0.302. The van der Waals surface area contributed by atoms with Crippen molar-refractivity contribution < 1.29 is 9.47 Å². The van der Waals surface area contributed by atoms with E-state index in [1.807, 2.05) is 48.5 Å². The van der Waals surface area contributed by atoms with Crippen molar-refractivity contribution in [2.24, 2.45) is 0 Å². The first-order valence-corrected chi connectivity index (χ1v) is 9.83. The van der Waals surface area contributed by atoms with E-state index in [1.54, 1.807) is 7.11 Å². The molecule has 0 aromatic heterocycles. The highest BCUT2D eigenvalue weighted by Gasteiger charge is 2.06. The van der Waals surface area contributed by atoms with Crippen molar-refractivity contribution in [3.63, 3.8) is 0 Å². The standard InChI is InChI=1S/C23H24BrNO2.ClH/c1-26-22-10-6-5-9-19(22)13-14-25-16-20-15-21(24)11-12-23(20)27-17-18-7-3-2-4-8-18;/h2-12,15,25H,13-14,16-17H2,1H3;1H. The minimum atomic E-state index is 0. The molecule has 3 rings (SSSR count). The number of rotatable bonds is 9. The van der Waals surface area contributed by atoms with Crippen LogP contribution >= 0.6 is 28.3 Å². The molecular formula is C23H25BrClNO2. The maximum absolute atomic E-state index is 6.05. The molecule has 0 bridgehead atoms. The Labute approximate surface area is 181 Å². The number of hydrogen-bond acceptors (Lipinski definition) is 3. The summed E-state index contributed by atoms with van der Waals surface area (Å²) >= 11 is 3.56. The van der Waals surface area contributed by atoms with Crippen molar-refractivity contribution in [1.29, 1.82) is 0 Å². The Kier molecular flexibility index (Phi) is 9.35. The van der Waals surface area contributed by atoms with E-state index >= 15 is 0 Å². The highest BCUT2D eigenvalue weighted by molar-refractivity contribution is 9.10. The van der Waals surface area contributed by atoms with Gasteiger partial charge in [-0.25, -0.2) is 0 Å². The van der Waals surface area contributed by atoms with Crippen LogP contribution in [0.25, 0.3) is 0 Å². The van der Waals surface area contributed by atoms with Gasteiger partial charge in [0.25, 0.3) is 0 Å². The van der Waals surface area contributed by atoms with Crippen LogP contribution in [0.4, 0.5) is 0 Å². The molecular weight excluding hydrogens is 438 g/mol. The van der Waals surface area contributed by atoms with Gasteiger partial charge in [0, 0.05) is 16.6 Å². The van der Waals surface area contributed by atoms with Crippen LogP contribution in [0.2, 0.25) is 0 Å². The number of benzene rings is 3. The molecule has 0 aliphatic rings. The smallest absolute Gasteiger partial charge is 0.124 e. The van der Waals surface area contributed by atoms with Gasteiger partial charge in [0.1, 0.15) is 18.1 Å². The minimum absolute atomic E-state index is 0. The monoisotopic (exact) mass is 461 g/mol. The summed E-state index contributed by atoms with van der Waals surface area (Å²) in [6, 6.07) is 24.5. The molecule has 0 heterocycles. The fourth-order valence-corrected chi connectivity index (χ4v) is 3.33. The first kappa shape index (κ1) is 22.3. The van der Waals surface area contributed by atoms with Crippen LogP contribution in [0.15, 0.2) is 77.3 Å². The summed E-state index contributed by atoms with van der Waals surface area (Å²) in [5.41, 5.74) is 3.51. The van der Waals surface area contributed by atoms with Gasteiger partial charge in [0.15, 0.2) is 0 Å². The Balaban J connectivity index is 0.00000280. The lowest BCUT2D eigenvalue weighted by Crippen LogP contribution is -2.17. The SMILES string of the molecule is COc1ccccc1CCNCc1cc(Br)ccc1OCc1ccccc1.Cl. The Hall–Kier alpha value is -2.01. The number of ether oxygens (including phenoxy) is 2. The van der Waals surface area contributed by atoms with Crippen LogP contribution in [-0.4, -0.2) is 13.7 Å². The van der Waals surface area contributed by atoms with Crippen molar-refractivity contribution in [2.45, 2.75) is 19.6 Å². The first-order valence-electron chi connectivity index (χ1n) is 9.04. The number of halogens is 2. The Morgan fingerprint density at radius 2 is 1.61 bits per heavy atom. The van der Waals surface area contributed by atoms with Crippen molar-refractivity contribution >= 4 is 28.3 Å². The lowest BCUT2D eigenvalue weighted by atomic mass is 10.1. The largest absolute Gasteiger partial charge is 0.496 e. The van der Waals surface area contributed by atoms with Crippen LogP contribution in [0, 0.1) is 0 Å². The number of hydrogen-bond donors (Lipinski definition) is 1. The molecule has 0 unspecified atom stereocenters. The second kappa shape index (κ2) is 11.7. The summed E-state index contributed by atoms with van der Waals surface area (Å²) < 4.78 is 12.5. The number of methoxy groups -OCH3 is 1. The number of nitrogens with one attached hydrogen (secondary N) is 1. The Morgan fingerprint density at radius 3 is 2.39 bits per heavy atom. The van der Waals surface area contributed by atoms with Gasteiger partial charge in [-0.15, -0.1) is 12.4 Å².